The minimum atomic E-state index is -0.644. The van der Waals surface area contributed by atoms with E-state index in [1.54, 1.807) is 0 Å². The molecule has 116 valence electrons. The van der Waals surface area contributed by atoms with Crippen molar-refractivity contribution in [3.05, 3.63) is 34.9 Å². The fourth-order valence-corrected chi connectivity index (χ4v) is 3.07. The first kappa shape index (κ1) is 16.3. The Morgan fingerprint density at radius 1 is 1.24 bits per heavy atom. The van der Waals surface area contributed by atoms with Crippen LogP contribution >= 0.6 is 11.6 Å². The number of hydrogen-bond acceptors (Lipinski definition) is 2. The maximum absolute atomic E-state index is 11.0. The molecule has 0 saturated heterocycles. The summed E-state index contributed by atoms with van der Waals surface area (Å²) in [6.45, 7) is 5.31. The normalized spacial score (nSPS) is 23.0. The molecule has 0 bridgehead atoms. The summed E-state index contributed by atoms with van der Waals surface area (Å²) >= 11 is 5.94. The van der Waals surface area contributed by atoms with Crippen LogP contribution in [0.5, 0.6) is 0 Å². The zero-order chi connectivity index (χ0) is 15.5. The largest absolute Gasteiger partial charge is 0.481 e. The Labute approximate surface area is 131 Å². The third-order valence-corrected chi connectivity index (χ3v) is 4.79. The molecule has 1 fully saturated rings. The summed E-state index contributed by atoms with van der Waals surface area (Å²) < 4.78 is 0. The molecule has 21 heavy (non-hydrogen) atoms. The average Bonchev–Trinajstić information content (AvgIpc) is 2.46. The van der Waals surface area contributed by atoms with Gasteiger partial charge in [0.25, 0.3) is 0 Å². The lowest BCUT2D eigenvalue weighted by atomic mass is 9.82. The van der Waals surface area contributed by atoms with Crippen LogP contribution < -0.4 is 5.32 Å². The molecule has 0 aliphatic heterocycles. The van der Waals surface area contributed by atoms with Crippen molar-refractivity contribution in [3.63, 3.8) is 0 Å². The van der Waals surface area contributed by atoms with Crippen LogP contribution in [0.3, 0.4) is 0 Å². The lowest BCUT2D eigenvalue weighted by Gasteiger charge is -2.32. The van der Waals surface area contributed by atoms with Crippen LogP contribution in [0.15, 0.2) is 24.3 Å². The quantitative estimate of drug-likeness (QED) is 0.868. The highest BCUT2D eigenvalue weighted by atomic mass is 35.5. The number of nitrogens with one attached hydrogen (secondary N) is 1. The zero-order valence-corrected chi connectivity index (χ0v) is 13.5. The number of hydrogen-bond donors (Lipinski definition) is 2. The third kappa shape index (κ3) is 4.45. The second-order valence-electron chi connectivity index (χ2n) is 6.66. The molecule has 0 heterocycles. The first-order valence-electron chi connectivity index (χ1n) is 7.61. The van der Waals surface area contributed by atoms with Crippen molar-refractivity contribution in [1.29, 1.82) is 0 Å². The Morgan fingerprint density at radius 2 is 1.81 bits per heavy atom. The van der Waals surface area contributed by atoms with Gasteiger partial charge in [0, 0.05) is 23.0 Å². The minimum Gasteiger partial charge on any atom is -0.481 e. The van der Waals surface area contributed by atoms with Crippen LogP contribution in [0.1, 0.15) is 45.1 Å². The fourth-order valence-electron chi connectivity index (χ4n) is 2.95. The van der Waals surface area contributed by atoms with Gasteiger partial charge in [0.2, 0.25) is 0 Å². The summed E-state index contributed by atoms with van der Waals surface area (Å²) in [5.74, 6) is -0.790. The van der Waals surface area contributed by atoms with Gasteiger partial charge in [-0.3, -0.25) is 4.79 Å². The SMILES string of the molecule is CC(C)(CNC1CCC(C(=O)O)CC1)c1ccc(Cl)cc1. The van der Waals surface area contributed by atoms with Gasteiger partial charge in [-0.05, 0) is 43.4 Å². The topological polar surface area (TPSA) is 49.3 Å². The number of halogens is 1. The Bertz CT molecular complexity index is 476. The molecule has 3 nitrogen and oxygen atoms in total. The summed E-state index contributed by atoms with van der Waals surface area (Å²) in [4.78, 5) is 11.0. The number of benzene rings is 1. The van der Waals surface area contributed by atoms with Crippen LogP contribution in [-0.4, -0.2) is 23.7 Å². The molecule has 2 rings (SSSR count). The van der Waals surface area contributed by atoms with Crippen molar-refractivity contribution in [2.75, 3.05) is 6.54 Å². The van der Waals surface area contributed by atoms with Gasteiger partial charge in [-0.1, -0.05) is 37.6 Å². The fraction of sp³-hybridized carbons (Fsp3) is 0.588. The third-order valence-electron chi connectivity index (χ3n) is 4.53. The average molecular weight is 310 g/mol. The van der Waals surface area contributed by atoms with Gasteiger partial charge in [-0.2, -0.15) is 0 Å². The number of carboxylic acids is 1. The second-order valence-corrected chi connectivity index (χ2v) is 7.09. The summed E-state index contributed by atoms with van der Waals surface area (Å²) in [5, 5.41) is 13.4. The van der Waals surface area contributed by atoms with Crippen molar-refractivity contribution in [2.45, 2.75) is 51.0 Å². The molecule has 0 atom stereocenters. The number of carbonyl (C=O) groups is 1. The summed E-state index contributed by atoms with van der Waals surface area (Å²) in [5.41, 5.74) is 1.30. The van der Waals surface area contributed by atoms with Crippen molar-refractivity contribution < 1.29 is 9.90 Å². The van der Waals surface area contributed by atoms with Crippen LogP contribution in [0.2, 0.25) is 5.02 Å². The molecule has 1 aromatic carbocycles. The minimum absolute atomic E-state index is 0.0359. The highest BCUT2D eigenvalue weighted by molar-refractivity contribution is 6.30. The summed E-state index contributed by atoms with van der Waals surface area (Å²) in [7, 11) is 0. The second kappa shape index (κ2) is 6.80. The van der Waals surface area contributed by atoms with Gasteiger partial charge in [0.05, 0.1) is 5.92 Å². The van der Waals surface area contributed by atoms with Crippen LogP contribution in [0, 0.1) is 5.92 Å². The highest BCUT2D eigenvalue weighted by Gasteiger charge is 2.27. The molecule has 0 aromatic heterocycles. The van der Waals surface area contributed by atoms with E-state index in [9.17, 15) is 4.79 Å². The standard InChI is InChI=1S/C17H24ClNO2/c1-17(2,13-5-7-14(18)8-6-13)11-19-15-9-3-12(4-10-15)16(20)21/h5-8,12,15,19H,3-4,9-11H2,1-2H3,(H,20,21). The highest BCUT2D eigenvalue weighted by Crippen LogP contribution is 2.27. The molecule has 0 radical (unpaired) electrons. The molecule has 1 saturated carbocycles. The van der Waals surface area contributed by atoms with Gasteiger partial charge in [-0.15, -0.1) is 0 Å². The van der Waals surface area contributed by atoms with Crippen molar-refractivity contribution in [3.8, 4) is 0 Å². The summed E-state index contributed by atoms with van der Waals surface area (Å²) in [6.07, 6.45) is 3.48. The van der Waals surface area contributed by atoms with Crippen molar-refractivity contribution >= 4 is 17.6 Å². The van der Waals surface area contributed by atoms with Crippen LogP contribution in [-0.2, 0) is 10.2 Å². The maximum Gasteiger partial charge on any atom is 0.306 e. The lowest BCUT2D eigenvalue weighted by Crippen LogP contribution is -2.41. The molecule has 1 aromatic rings. The van der Waals surface area contributed by atoms with E-state index < -0.39 is 5.97 Å². The predicted molar refractivity (Wildman–Crippen MR) is 85.9 cm³/mol. The number of aliphatic carboxylic acids is 1. The van der Waals surface area contributed by atoms with E-state index in [1.165, 1.54) is 5.56 Å². The van der Waals surface area contributed by atoms with Gasteiger partial charge in [0.15, 0.2) is 0 Å². The molecule has 1 aliphatic rings. The molecule has 0 spiro atoms. The first-order chi connectivity index (χ1) is 9.88. The molecule has 0 unspecified atom stereocenters. The van der Waals surface area contributed by atoms with Crippen molar-refractivity contribution in [2.24, 2.45) is 5.92 Å². The molecule has 2 N–H and O–H groups in total. The van der Waals surface area contributed by atoms with E-state index in [1.807, 2.05) is 12.1 Å². The van der Waals surface area contributed by atoms with Crippen LogP contribution in [0.4, 0.5) is 0 Å². The van der Waals surface area contributed by atoms with E-state index in [-0.39, 0.29) is 11.3 Å². The van der Waals surface area contributed by atoms with Crippen molar-refractivity contribution in [1.82, 2.24) is 5.32 Å². The Balaban J connectivity index is 1.85. The Kier molecular flexibility index (Phi) is 5.28. The van der Waals surface area contributed by atoms with E-state index in [0.29, 0.717) is 6.04 Å². The van der Waals surface area contributed by atoms with Gasteiger partial charge in [0.1, 0.15) is 0 Å². The molecule has 4 heteroatoms. The molecule has 0 amide bonds. The molecular weight excluding hydrogens is 286 g/mol. The Morgan fingerprint density at radius 3 is 2.33 bits per heavy atom. The first-order valence-corrected chi connectivity index (χ1v) is 7.98. The predicted octanol–water partition coefficient (Wildman–Crippen LogP) is 3.85. The van der Waals surface area contributed by atoms with Crippen LogP contribution in [0.25, 0.3) is 0 Å². The number of carboxylic acid groups (broad SMARTS) is 1. The molecular formula is C17H24ClNO2. The monoisotopic (exact) mass is 309 g/mol. The zero-order valence-electron chi connectivity index (χ0n) is 12.7. The lowest BCUT2D eigenvalue weighted by molar-refractivity contribution is -0.142. The smallest absolute Gasteiger partial charge is 0.306 e. The van der Waals surface area contributed by atoms with Gasteiger partial charge >= 0.3 is 5.97 Å². The van der Waals surface area contributed by atoms with E-state index in [2.05, 4.69) is 31.3 Å². The van der Waals surface area contributed by atoms with Gasteiger partial charge < -0.3 is 10.4 Å². The van der Waals surface area contributed by atoms with E-state index >= 15 is 0 Å². The molecule has 1 aliphatic carbocycles. The summed E-state index contributed by atoms with van der Waals surface area (Å²) in [6, 6.07) is 8.44. The maximum atomic E-state index is 11.0. The number of rotatable bonds is 5. The van der Waals surface area contributed by atoms with E-state index in [4.69, 9.17) is 16.7 Å². The Hall–Kier alpha value is -1.06. The van der Waals surface area contributed by atoms with E-state index in [0.717, 1.165) is 37.3 Å². The van der Waals surface area contributed by atoms with Gasteiger partial charge in [-0.25, -0.2) is 0 Å².